The molecule has 0 atom stereocenters. The van der Waals surface area contributed by atoms with E-state index in [0.717, 1.165) is 28.5 Å². The number of halogens is 1. The average Bonchev–Trinajstić information content (AvgIpc) is 2.86. The lowest BCUT2D eigenvalue weighted by Gasteiger charge is -2.09. The van der Waals surface area contributed by atoms with E-state index in [-0.39, 0.29) is 0 Å². The minimum absolute atomic E-state index is 0.709. The van der Waals surface area contributed by atoms with E-state index in [2.05, 4.69) is 27.0 Å². The number of aromatic nitrogens is 2. The van der Waals surface area contributed by atoms with Gasteiger partial charge in [0.05, 0.1) is 11.4 Å². The predicted molar refractivity (Wildman–Crippen MR) is 77.3 cm³/mol. The van der Waals surface area contributed by atoms with Crippen molar-refractivity contribution in [2.24, 2.45) is 0 Å². The van der Waals surface area contributed by atoms with Crippen LogP contribution in [-0.2, 0) is 0 Å². The average molecular weight is 268 g/mol. The van der Waals surface area contributed by atoms with Gasteiger partial charge in [-0.05, 0) is 30.3 Å². The van der Waals surface area contributed by atoms with Gasteiger partial charge in [0.1, 0.15) is 5.82 Å². The van der Waals surface area contributed by atoms with E-state index in [4.69, 9.17) is 11.6 Å². The monoisotopic (exact) mass is 267 g/mol. The van der Waals surface area contributed by atoms with Crippen molar-refractivity contribution in [3.63, 3.8) is 0 Å². The van der Waals surface area contributed by atoms with Gasteiger partial charge < -0.3 is 5.32 Å². The third-order valence-electron chi connectivity index (χ3n) is 3.30. The van der Waals surface area contributed by atoms with Crippen LogP contribution in [0.15, 0.2) is 54.9 Å². The molecular formula is C15H10ClN3. The van der Waals surface area contributed by atoms with E-state index in [1.165, 1.54) is 0 Å². The Hall–Kier alpha value is -2.26. The van der Waals surface area contributed by atoms with Crippen molar-refractivity contribution in [3.05, 3.63) is 59.9 Å². The molecule has 1 N–H and O–H groups in total. The molecule has 1 aliphatic heterocycles. The summed E-state index contributed by atoms with van der Waals surface area (Å²) in [5.41, 5.74) is 4.17. The Bertz CT molecular complexity index is 777. The maximum Gasteiger partial charge on any atom is 0.146 e. The summed E-state index contributed by atoms with van der Waals surface area (Å²) in [4.78, 5) is 4.46. The maximum atomic E-state index is 6.11. The molecule has 4 rings (SSSR count). The van der Waals surface area contributed by atoms with Crippen LogP contribution in [0.3, 0.4) is 0 Å². The van der Waals surface area contributed by atoms with E-state index in [0.29, 0.717) is 5.02 Å². The molecule has 3 nitrogen and oxygen atoms in total. The van der Waals surface area contributed by atoms with Gasteiger partial charge in [-0.3, -0.25) is 4.57 Å². The van der Waals surface area contributed by atoms with Crippen LogP contribution in [0, 0.1) is 0 Å². The van der Waals surface area contributed by atoms with Crippen LogP contribution in [-0.4, -0.2) is 9.55 Å². The van der Waals surface area contributed by atoms with Gasteiger partial charge >= 0.3 is 0 Å². The number of rotatable bonds is 0. The van der Waals surface area contributed by atoms with Gasteiger partial charge in [-0.1, -0.05) is 23.7 Å². The van der Waals surface area contributed by atoms with Gasteiger partial charge in [-0.2, -0.15) is 0 Å². The molecule has 4 heteroatoms. The van der Waals surface area contributed by atoms with E-state index in [9.17, 15) is 0 Å². The van der Waals surface area contributed by atoms with Crippen molar-refractivity contribution >= 4 is 23.0 Å². The molecular weight excluding hydrogens is 258 g/mol. The minimum atomic E-state index is 0.709. The summed E-state index contributed by atoms with van der Waals surface area (Å²) >= 11 is 6.11. The molecule has 1 aliphatic rings. The number of hydrogen-bond acceptors (Lipinski definition) is 2. The number of nitrogens with one attached hydrogen (secondary N) is 1. The SMILES string of the molecule is Clc1ccc2c(c1)-c1nccn1-c1ccccc1N2. The highest BCUT2D eigenvalue weighted by atomic mass is 35.5. The van der Waals surface area contributed by atoms with Crippen molar-refractivity contribution < 1.29 is 0 Å². The van der Waals surface area contributed by atoms with Crippen molar-refractivity contribution in [3.8, 4) is 17.1 Å². The zero-order valence-corrected chi connectivity index (χ0v) is 10.7. The summed E-state index contributed by atoms with van der Waals surface area (Å²) < 4.78 is 2.07. The third kappa shape index (κ3) is 1.55. The number of nitrogens with zero attached hydrogens (tertiary/aromatic N) is 2. The normalized spacial score (nSPS) is 11.8. The second kappa shape index (κ2) is 3.87. The number of para-hydroxylation sites is 2. The second-order valence-electron chi connectivity index (χ2n) is 4.45. The Morgan fingerprint density at radius 2 is 1.95 bits per heavy atom. The van der Waals surface area contributed by atoms with E-state index in [1.807, 2.05) is 42.7 Å². The Morgan fingerprint density at radius 3 is 2.89 bits per heavy atom. The summed E-state index contributed by atoms with van der Waals surface area (Å²) in [6.07, 6.45) is 3.77. The fourth-order valence-electron chi connectivity index (χ4n) is 2.44. The molecule has 0 saturated carbocycles. The van der Waals surface area contributed by atoms with Gasteiger partial charge in [0.25, 0.3) is 0 Å². The first-order chi connectivity index (χ1) is 9.33. The fraction of sp³-hybridized carbons (Fsp3) is 0. The summed E-state index contributed by atoms with van der Waals surface area (Å²) in [7, 11) is 0. The summed E-state index contributed by atoms with van der Waals surface area (Å²) in [6.45, 7) is 0. The quantitative estimate of drug-likeness (QED) is 0.516. The molecule has 0 radical (unpaired) electrons. The lowest BCUT2D eigenvalue weighted by Crippen LogP contribution is -1.95. The zero-order valence-electron chi connectivity index (χ0n) is 9.97. The van der Waals surface area contributed by atoms with Crippen LogP contribution in [0.2, 0.25) is 5.02 Å². The summed E-state index contributed by atoms with van der Waals surface area (Å²) in [5, 5.41) is 4.15. The number of benzene rings is 2. The van der Waals surface area contributed by atoms with E-state index in [1.54, 1.807) is 0 Å². The standard InChI is InChI=1S/C15H10ClN3/c16-10-5-6-12-11(9-10)15-17-7-8-19(15)14-4-2-1-3-13(14)18-12/h1-9,18H. The highest BCUT2D eigenvalue weighted by molar-refractivity contribution is 6.31. The Morgan fingerprint density at radius 1 is 1.05 bits per heavy atom. The molecule has 0 amide bonds. The first kappa shape index (κ1) is 10.6. The highest BCUT2D eigenvalue weighted by Crippen LogP contribution is 2.38. The molecule has 19 heavy (non-hydrogen) atoms. The molecule has 0 bridgehead atoms. The van der Waals surface area contributed by atoms with Crippen LogP contribution in [0.1, 0.15) is 0 Å². The molecule has 0 fully saturated rings. The first-order valence-corrected chi connectivity index (χ1v) is 6.40. The number of fused-ring (bicyclic) bond motifs is 5. The van der Waals surface area contributed by atoms with Crippen LogP contribution in [0.25, 0.3) is 17.1 Å². The number of anilines is 2. The van der Waals surface area contributed by atoms with Gasteiger partial charge in [-0.25, -0.2) is 4.98 Å². The van der Waals surface area contributed by atoms with Crippen LogP contribution >= 0.6 is 11.6 Å². The van der Waals surface area contributed by atoms with Gasteiger partial charge in [0, 0.05) is 28.7 Å². The smallest absolute Gasteiger partial charge is 0.146 e. The molecule has 2 aromatic carbocycles. The van der Waals surface area contributed by atoms with Crippen molar-refractivity contribution in [1.82, 2.24) is 9.55 Å². The second-order valence-corrected chi connectivity index (χ2v) is 4.89. The van der Waals surface area contributed by atoms with E-state index >= 15 is 0 Å². The van der Waals surface area contributed by atoms with E-state index < -0.39 is 0 Å². The van der Waals surface area contributed by atoms with Gasteiger partial charge in [0.15, 0.2) is 0 Å². The highest BCUT2D eigenvalue weighted by Gasteiger charge is 2.18. The lowest BCUT2D eigenvalue weighted by atomic mass is 10.1. The van der Waals surface area contributed by atoms with Gasteiger partial charge in [-0.15, -0.1) is 0 Å². The Labute approximate surface area is 115 Å². The molecule has 0 aliphatic carbocycles. The fourth-order valence-corrected chi connectivity index (χ4v) is 2.61. The van der Waals surface area contributed by atoms with Crippen molar-refractivity contribution in [2.45, 2.75) is 0 Å². The van der Waals surface area contributed by atoms with Crippen molar-refractivity contribution in [1.29, 1.82) is 0 Å². The van der Waals surface area contributed by atoms with Crippen LogP contribution in [0.5, 0.6) is 0 Å². The predicted octanol–water partition coefficient (Wildman–Crippen LogP) is 4.25. The van der Waals surface area contributed by atoms with Crippen LogP contribution < -0.4 is 5.32 Å². The number of imidazole rings is 1. The molecule has 2 heterocycles. The third-order valence-corrected chi connectivity index (χ3v) is 3.53. The molecule has 1 aromatic heterocycles. The molecule has 0 spiro atoms. The Balaban J connectivity index is 2.10. The number of hydrogen-bond donors (Lipinski definition) is 1. The molecule has 92 valence electrons. The lowest BCUT2D eigenvalue weighted by molar-refractivity contribution is 1.08. The molecule has 3 aromatic rings. The topological polar surface area (TPSA) is 29.9 Å². The van der Waals surface area contributed by atoms with Crippen molar-refractivity contribution in [2.75, 3.05) is 5.32 Å². The minimum Gasteiger partial charge on any atom is -0.353 e. The Kier molecular flexibility index (Phi) is 2.17. The largest absolute Gasteiger partial charge is 0.353 e. The zero-order chi connectivity index (χ0) is 12.8. The summed E-state index contributed by atoms with van der Waals surface area (Å²) in [5.74, 6) is 0.898. The molecule has 0 saturated heterocycles. The maximum absolute atomic E-state index is 6.11. The summed E-state index contributed by atoms with van der Waals surface area (Å²) in [6, 6.07) is 14.0. The van der Waals surface area contributed by atoms with Crippen LogP contribution in [0.4, 0.5) is 11.4 Å². The first-order valence-electron chi connectivity index (χ1n) is 6.02. The van der Waals surface area contributed by atoms with Gasteiger partial charge in [0.2, 0.25) is 0 Å². The molecule has 0 unspecified atom stereocenters.